The number of rotatable bonds is 13. The molecule has 1 N–H and O–H groups in total. The van der Waals surface area contributed by atoms with Crippen LogP contribution in [-0.2, 0) is 22.5 Å². The van der Waals surface area contributed by atoms with Gasteiger partial charge in [0.2, 0.25) is 5.91 Å². The second kappa shape index (κ2) is 14.3. The fraction of sp³-hybridized carbons (Fsp3) is 0.267. The zero-order chi connectivity index (χ0) is 29.4. The lowest BCUT2D eigenvalue weighted by Crippen LogP contribution is -2.16. The molecule has 8 nitrogen and oxygen atoms in total. The summed E-state index contributed by atoms with van der Waals surface area (Å²) in [6.45, 7) is 8.76. The smallest absolute Gasteiger partial charge is 0.341 e. The van der Waals surface area contributed by atoms with Gasteiger partial charge in [0.15, 0.2) is 5.16 Å². The fourth-order valence-electron chi connectivity index (χ4n) is 4.29. The van der Waals surface area contributed by atoms with Gasteiger partial charge in [0.05, 0.1) is 19.5 Å². The normalized spacial score (nSPS) is 10.8. The number of amides is 1. The molecule has 2 aromatic carbocycles. The number of nitrogens with zero attached hydrogens (tertiary/aromatic N) is 3. The van der Waals surface area contributed by atoms with Gasteiger partial charge in [-0.1, -0.05) is 59.8 Å². The number of esters is 1. The summed E-state index contributed by atoms with van der Waals surface area (Å²) in [4.78, 5) is 26.6. The average Bonchev–Trinajstić information content (AvgIpc) is 3.50. The minimum atomic E-state index is -0.498. The highest BCUT2D eigenvalue weighted by atomic mass is 35.5. The molecule has 1 amide bonds. The molecule has 0 aliphatic carbocycles. The van der Waals surface area contributed by atoms with E-state index >= 15 is 0 Å². The number of anilines is 1. The Bertz CT molecular complexity index is 1530. The summed E-state index contributed by atoms with van der Waals surface area (Å²) in [7, 11) is 1.33. The Balaban J connectivity index is 1.39. The van der Waals surface area contributed by atoms with Crippen molar-refractivity contribution in [1.29, 1.82) is 0 Å². The lowest BCUT2D eigenvalue weighted by molar-refractivity contribution is -0.113. The van der Waals surface area contributed by atoms with Crippen LogP contribution in [0.4, 0.5) is 5.00 Å². The van der Waals surface area contributed by atoms with Crippen LogP contribution < -0.4 is 10.1 Å². The molecule has 0 radical (unpaired) electrons. The van der Waals surface area contributed by atoms with Crippen molar-refractivity contribution < 1.29 is 19.1 Å². The van der Waals surface area contributed by atoms with Crippen molar-refractivity contribution in [3.05, 3.63) is 88.0 Å². The van der Waals surface area contributed by atoms with Crippen LogP contribution in [0.25, 0.3) is 11.1 Å². The third-order valence-corrected chi connectivity index (χ3v) is 8.39. The molecule has 0 fully saturated rings. The van der Waals surface area contributed by atoms with Gasteiger partial charge in [0.1, 0.15) is 22.1 Å². The minimum absolute atomic E-state index is 0.0897. The molecule has 0 saturated heterocycles. The predicted molar refractivity (Wildman–Crippen MR) is 165 cm³/mol. The van der Waals surface area contributed by atoms with E-state index in [2.05, 4.69) is 22.1 Å². The van der Waals surface area contributed by atoms with Gasteiger partial charge in [0, 0.05) is 28.4 Å². The van der Waals surface area contributed by atoms with Crippen molar-refractivity contribution in [2.24, 2.45) is 0 Å². The maximum atomic E-state index is 13.0. The molecule has 2 heterocycles. The molecular formula is C30H31ClN4O4S2. The summed E-state index contributed by atoms with van der Waals surface area (Å²) in [5.41, 5.74) is 2.98. The van der Waals surface area contributed by atoms with E-state index in [0.717, 1.165) is 39.6 Å². The maximum absolute atomic E-state index is 13.0. The van der Waals surface area contributed by atoms with Gasteiger partial charge in [-0.3, -0.25) is 4.79 Å². The van der Waals surface area contributed by atoms with Crippen LogP contribution in [0, 0.1) is 13.8 Å². The van der Waals surface area contributed by atoms with Crippen LogP contribution in [-0.4, -0.2) is 46.1 Å². The molecule has 11 heteroatoms. The van der Waals surface area contributed by atoms with Crippen molar-refractivity contribution in [2.75, 3.05) is 24.8 Å². The molecule has 4 rings (SSSR count). The zero-order valence-electron chi connectivity index (χ0n) is 23.1. The van der Waals surface area contributed by atoms with Crippen molar-refractivity contribution >= 4 is 51.6 Å². The minimum Gasteiger partial charge on any atom is -0.493 e. The highest BCUT2D eigenvalue weighted by Gasteiger charge is 2.25. The number of hydrogen-bond donors (Lipinski definition) is 1. The Morgan fingerprint density at radius 3 is 2.66 bits per heavy atom. The van der Waals surface area contributed by atoms with Gasteiger partial charge in [-0.2, -0.15) is 0 Å². The van der Waals surface area contributed by atoms with Gasteiger partial charge in [-0.05, 0) is 49.6 Å². The molecule has 0 saturated carbocycles. The molecule has 0 aliphatic rings. The summed E-state index contributed by atoms with van der Waals surface area (Å²) >= 11 is 8.65. The van der Waals surface area contributed by atoms with E-state index in [1.54, 1.807) is 6.08 Å². The molecular weight excluding hydrogens is 580 g/mol. The third-order valence-electron chi connectivity index (χ3n) is 6.17. The third kappa shape index (κ3) is 7.58. The van der Waals surface area contributed by atoms with Gasteiger partial charge in [-0.15, -0.1) is 28.1 Å². The van der Waals surface area contributed by atoms with Gasteiger partial charge in [0.25, 0.3) is 0 Å². The molecule has 0 bridgehead atoms. The molecule has 214 valence electrons. The first kappa shape index (κ1) is 30.4. The lowest BCUT2D eigenvalue weighted by atomic mass is 10.0. The van der Waals surface area contributed by atoms with E-state index < -0.39 is 5.97 Å². The molecule has 0 spiro atoms. The number of hydrogen-bond acceptors (Lipinski definition) is 8. The second-order valence-electron chi connectivity index (χ2n) is 9.09. The van der Waals surface area contributed by atoms with E-state index in [1.165, 1.54) is 30.2 Å². The molecule has 2 aromatic heterocycles. The largest absolute Gasteiger partial charge is 0.493 e. The van der Waals surface area contributed by atoms with Crippen molar-refractivity contribution in [3.63, 3.8) is 0 Å². The Hall–Kier alpha value is -3.60. The zero-order valence-corrected chi connectivity index (χ0v) is 25.5. The predicted octanol–water partition coefficient (Wildman–Crippen LogP) is 6.99. The van der Waals surface area contributed by atoms with Crippen molar-refractivity contribution in [1.82, 2.24) is 14.8 Å². The number of thiophene rings is 1. The van der Waals surface area contributed by atoms with Gasteiger partial charge < -0.3 is 19.4 Å². The summed E-state index contributed by atoms with van der Waals surface area (Å²) in [5, 5.41) is 13.3. The van der Waals surface area contributed by atoms with Gasteiger partial charge in [-0.25, -0.2) is 4.79 Å². The Labute approximate surface area is 252 Å². The first-order valence-electron chi connectivity index (χ1n) is 12.9. The molecule has 0 aliphatic heterocycles. The lowest BCUT2D eigenvalue weighted by Gasteiger charge is -2.10. The van der Waals surface area contributed by atoms with Crippen LogP contribution in [0.1, 0.15) is 33.0 Å². The number of allylic oxidation sites excluding steroid dienone is 1. The van der Waals surface area contributed by atoms with Crippen LogP contribution in [0.5, 0.6) is 5.75 Å². The summed E-state index contributed by atoms with van der Waals surface area (Å²) in [6.07, 6.45) is 3.16. The highest BCUT2D eigenvalue weighted by Crippen LogP contribution is 2.40. The number of carbonyl (C=O) groups is 2. The number of methoxy groups -OCH3 is 1. The van der Waals surface area contributed by atoms with E-state index in [-0.39, 0.29) is 11.7 Å². The Kier molecular flexibility index (Phi) is 10.6. The van der Waals surface area contributed by atoms with Crippen LogP contribution in [0.15, 0.2) is 66.3 Å². The number of halogens is 1. The SMILES string of the molecule is C=CCn1c(CCCOc2ccc(Cl)cc2C)nnc1SCC(=O)Nc1sc(C)c(-c2ccccc2)c1C(=O)OC. The van der Waals surface area contributed by atoms with Crippen LogP contribution in [0.3, 0.4) is 0 Å². The maximum Gasteiger partial charge on any atom is 0.341 e. The molecule has 0 unspecified atom stereocenters. The van der Waals surface area contributed by atoms with Crippen molar-refractivity contribution in [3.8, 4) is 16.9 Å². The highest BCUT2D eigenvalue weighted by molar-refractivity contribution is 7.99. The summed E-state index contributed by atoms with van der Waals surface area (Å²) in [5.74, 6) is 0.922. The summed E-state index contributed by atoms with van der Waals surface area (Å²) < 4.78 is 12.9. The number of benzene rings is 2. The number of carbonyl (C=O) groups excluding carboxylic acids is 2. The number of thioether (sulfide) groups is 1. The monoisotopic (exact) mass is 610 g/mol. The number of aryl methyl sites for hydroxylation is 3. The molecule has 41 heavy (non-hydrogen) atoms. The average molecular weight is 611 g/mol. The Morgan fingerprint density at radius 1 is 1.17 bits per heavy atom. The number of ether oxygens (including phenoxy) is 2. The fourth-order valence-corrected chi connectivity index (χ4v) is 6.36. The van der Waals surface area contributed by atoms with E-state index in [4.69, 9.17) is 21.1 Å². The van der Waals surface area contributed by atoms with Crippen LogP contribution in [0.2, 0.25) is 5.02 Å². The molecule has 4 aromatic rings. The van der Waals surface area contributed by atoms with E-state index in [0.29, 0.717) is 40.3 Å². The second-order valence-corrected chi connectivity index (χ2v) is 11.7. The summed E-state index contributed by atoms with van der Waals surface area (Å²) in [6, 6.07) is 15.1. The van der Waals surface area contributed by atoms with Crippen LogP contribution >= 0.6 is 34.7 Å². The standard InChI is InChI=1S/C30H31ClN4O4S2/c1-5-15-35-24(12-9-16-39-23-14-13-22(31)17-19(23)2)33-34-30(35)40-18-25(36)32-28-27(29(37)38-4)26(20(3)41-28)21-10-7-6-8-11-21/h5-8,10-11,13-14,17H,1,9,12,15-16,18H2,2-4H3,(H,32,36). The Morgan fingerprint density at radius 2 is 1.95 bits per heavy atom. The topological polar surface area (TPSA) is 95.3 Å². The quantitative estimate of drug-likeness (QED) is 0.0754. The molecule has 0 atom stereocenters. The first-order chi connectivity index (χ1) is 19.8. The van der Waals surface area contributed by atoms with E-state index in [9.17, 15) is 9.59 Å². The van der Waals surface area contributed by atoms with Gasteiger partial charge >= 0.3 is 5.97 Å². The van der Waals surface area contributed by atoms with Crippen molar-refractivity contribution in [2.45, 2.75) is 38.4 Å². The first-order valence-corrected chi connectivity index (χ1v) is 15.1. The number of nitrogens with one attached hydrogen (secondary N) is 1. The van der Waals surface area contributed by atoms with E-state index in [1.807, 2.05) is 66.9 Å². The number of aromatic nitrogens is 3.